The number of aryl methyl sites for hydroxylation is 1. The topological polar surface area (TPSA) is 185 Å². The molecular weight excluding hydrogens is 895 g/mol. The van der Waals surface area contributed by atoms with Crippen LogP contribution in [-0.4, -0.2) is 110 Å². The lowest BCUT2D eigenvalue weighted by atomic mass is 9.78. The first kappa shape index (κ1) is 43.8. The van der Waals surface area contributed by atoms with Crippen LogP contribution in [0, 0.1) is 17.0 Å². The van der Waals surface area contributed by atoms with E-state index in [2.05, 4.69) is 30.8 Å². The number of rotatable bonds is 11. The molecule has 11 rings (SSSR count). The van der Waals surface area contributed by atoms with E-state index in [1.807, 2.05) is 38.6 Å². The number of aliphatic hydroxyl groups is 1. The van der Waals surface area contributed by atoms with E-state index in [-0.39, 0.29) is 47.7 Å². The molecule has 3 aromatic carbocycles. The van der Waals surface area contributed by atoms with Crippen LogP contribution in [0.15, 0.2) is 72.5 Å². The predicted molar refractivity (Wildman–Crippen MR) is 249 cm³/mol. The minimum Gasteiger partial charge on any atom is -0.389 e. The van der Waals surface area contributed by atoms with Crippen LogP contribution in [0.4, 0.5) is 31.0 Å². The second kappa shape index (κ2) is 17.1. The van der Waals surface area contributed by atoms with Crippen molar-refractivity contribution >= 4 is 63.1 Å². The molecule has 2 unspecified atom stereocenters. The van der Waals surface area contributed by atoms with Gasteiger partial charge in [-0.1, -0.05) is 12.1 Å². The number of imide groups is 1. The average Bonchev–Trinajstić information content (AvgIpc) is 4.17. The molecular formula is C49H50F2N10O6S. The molecule has 6 aliphatic rings. The van der Waals surface area contributed by atoms with E-state index in [1.165, 1.54) is 28.4 Å². The number of fused-ring (bicyclic) bond motifs is 2. The van der Waals surface area contributed by atoms with Crippen LogP contribution in [0.2, 0.25) is 0 Å². The van der Waals surface area contributed by atoms with Crippen LogP contribution in [-0.2, 0) is 38.7 Å². The molecule has 4 saturated heterocycles. The number of piperidine rings is 2. The highest BCUT2D eigenvalue weighted by Crippen LogP contribution is 2.44. The highest BCUT2D eigenvalue weighted by Gasteiger charge is 2.50. The van der Waals surface area contributed by atoms with Crippen molar-refractivity contribution in [1.82, 2.24) is 29.7 Å². The zero-order valence-electron chi connectivity index (χ0n) is 37.2. The molecule has 8 heterocycles. The molecule has 352 valence electrons. The second-order valence-corrected chi connectivity index (χ2v) is 20.1. The SMILES string of the molecule is O=C1CCC(Nc2ccc(N3CCC(O)(CC(=O)N4CCC5(C4)CN(c4ccc(-c6cc(F)c7c(c6)C(=O)N(C(C(=O)Nc6nccs6)c6ncn8c6CCC8)C7)cc4)C5)CC3)c(F)c2)C(=O)N1. The second-order valence-electron chi connectivity index (χ2n) is 19.2. The van der Waals surface area contributed by atoms with Gasteiger partial charge in [-0.2, -0.15) is 0 Å². The fourth-order valence-electron chi connectivity index (χ4n) is 11.0. The number of nitrogens with one attached hydrogen (secondary N) is 3. The Kier molecular flexibility index (Phi) is 11.0. The normalized spacial score (nSPS) is 20.9. The Morgan fingerprint density at radius 1 is 0.897 bits per heavy atom. The number of benzene rings is 3. The number of hydrogen-bond acceptors (Lipinski definition) is 12. The van der Waals surface area contributed by atoms with E-state index in [0.717, 1.165) is 55.8 Å². The number of imidazole rings is 1. The number of carbonyl (C=O) groups is 5. The first-order valence-electron chi connectivity index (χ1n) is 23.2. The summed E-state index contributed by atoms with van der Waals surface area (Å²) in [5, 5.41) is 21.8. The largest absolute Gasteiger partial charge is 0.389 e. The van der Waals surface area contributed by atoms with Gasteiger partial charge in [-0.15, -0.1) is 11.3 Å². The van der Waals surface area contributed by atoms with E-state index in [4.69, 9.17) is 0 Å². The highest BCUT2D eigenvalue weighted by atomic mass is 32.1. The van der Waals surface area contributed by atoms with Crippen molar-refractivity contribution in [2.75, 3.05) is 59.7 Å². The molecule has 0 bridgehead atoms. The van der Waals surface area contributed by atoms with Gasteiger partial charge in [-0.25, -0.2) is 18.7 Å². The third-order valence-electron chi connectivity index (χ3n) is 14.7. The minimum absolute atomic E-state index is 0.00182. The van der Waals surface area contributed by atoms with Gasteiger partial charge in [0.15, 0.2) is 11.2 Å². The summed E-state index contributed by atoms with van der Waals surface area (Å²) in [6.07, 6.45) is 6.94. The Bertz CT molecular complexity index is 2840. The third-order valence-corrected chi connectivity index (χ3v) is 15.4. The lowest BCUT2D eigenvalue weighted by Crippen LogP contribution is -2.58. The Morgan fingerprint density at radius 3 is 2.46 bits per heavy atom. The fraction of sp³-hybridized carbons (Fsp3) is 0.408. The Labute approximate surface area is 394 Å². The molecule has 4 fully saturated rings. The Hall–Kier alpha value is -6.73. The number of likely N-dealkylation sites (tertiary alicyclic amines) is 1. The van der Waals surface area contributed by atoms with Crippen LogP contribution in [0.3, 0.4) is 0 Å². The summed E-state index contributed by atoms with van der Waals surface area (Å²) in [6.45, 7) is 4.19. The molecule has 68 heavy (non-hydrogen) atoms. The molecule has 0 radical (unpaired) electrons. The van der Waals surface area contributed by atoms with Crippen molar-refractivity contribution in [1.29, 1.82) is 0 Å². The van der Waals surface area contributed by atoms with Crippen molar-refractivity contribution in [2.24, 2.45) is 5.41 Å². The lowest BCUT2D eigenvalue weighted by molar-refractivity contribution is -0.137. The number of carbonyl (C=O) groups excluding carboxylic acids is 5. The van der Waals surface area contributed by atoms with Crippen molar-refractivity contribution in [3.63, 3.8) is 0 Å². The minimum atomic E-state index is -1.20. The highest BCUT2D eigenvalue weighted by molar-refractivity contribution is 7.13. The summed E-state index contributed by atoms with van der Waals surface area (Å²) in [4.78, 5) is 81.4. The molecule has 19 heteroatoms. The van der Waals surface area contributed by atoms with Crippen LogP contribution in [0.1, 0.15) is 78.3 Å². The first-order valence-corrected chi connectivity index (χ1v) is 24.1. The molecule has 1 spiro atoms. The maximum absolute atomic E-state index is 16.0. The summed E-state index contributed by atoms with van der Waals surface area (Å²) in [5.41, 5.74) is 3.70. The summed E-state index contributed by atoms with van der Waals surface area (Å²) < 4.78 is 33.3. The summed E-state index contributed by atoms with van der Waals surface area (Å²) in [5.74, 6) is -2.72. The van der Waals surface area contributed by atoms with Crippen LogP contribution >= 0.6 is 11.3 Å². The van der Waals surface area contributed by atoms with Crippen molar-refractivity contribution in [3.8, 4) is 11.1 Å². The van der Waals surface area contributed by atoms with Crippen LogP contribution < -0.4 is 25.8 Å². The van der Waals surface area contributed by atoms with Gasteiger partial charge in [0.05, 0.1) is 36.3 Å². The van der Waals surface area contributed by atoms with Crippen molar-refractivity contribution < 1.29 is 37.9 Å². The van der Waals surface area contributed by atoms with Gasteiger partial charge in [-0.3, -0.25) is 34.6 Å². The third kappa shape index (κ3) is 8.14. The quantitative estimate of drug-likeness (QED) is 0.127. The number of anilines is 4. The van der Waals surface area contributed by atoms with E-state index >= 15 is 8.78 Å². The zero-order valence-corrected chi connectivity index (χ0v) is 38.0. The smallest absolute Gasteiger partial charge is 0.255 e. The van der Waals surface area contributed by atoms with Crippen molar-refractivity contribution in [2.45, 2.75) is 82.1 Å². The van der Waals surface area contributed by atoms with E-state index in [9.17, 15) is 29.1 Å². The standard InChI is InChI=1S/C49H50F2N10O6S/c50-35-21-30(20-33-34(35)24-61(46(33)66)43(45(65)56-47-52-14-19-68-47)42-39-2-1-15-59(39)28-53-42)29-3-6-32(7-4-29)60-26-48(27-60)11-16-58(25-48)41(63)23-49(67)12-17-57(18-13-49)38-9-5-31(22-36(38)51)54-37-8-10-40(62)55-44(37)64/h3-7,9,14,19-22,28,37,43,54,67H,1-2,8,10-13,15-18,23-27H2,(H,52,56,65)(H,55,62,64). The van der Waals surface area contributed by atoms with Crippen molar-refractivity contribution in [3.05, 3.63) is 107 Å². The van der Waals surface area contributed by atoms with Gasteiger partial charge in [0.2, 0.25) is 17.7 Å². The van der Waals surface area contributed by atoms with Crippen LogP contribution in [0.5, 0.6) is 0 Å². The number of nitrogens with zero attached hydrogens (tertiary/aromatic N) is 7. The van der Waals surface area contributed by atoms with Gasteiger partial charge in [0, 0.05) is 97.4 Å². The van der Waals surface area contributed by atoms with Gasteiger partial charge >= 0.3 is 0 Å². The van der Waals surface area contributed by atoms with Gasteiger partial charge in [0.1, 0.15) is 17.7 Å². The molecule has 16 nitrogen and oxygen atoms in total. The Balaban J connectivity index is 0.685. The van der Waals surface area contributed by atoms with Gasteiger partial charge in [-0.05, 0) is 92.1 Å². The molecule has 5 amide bonds. The molecule has 4 N–H and O–H groups in total. The fourth-order valence-corrected chi connectivity index (χ4v) is 11.5. The van der Waals surface area contributed by atoms with Gasteiger partial charge < -0.3 is 34.6 Å². The molecule has 6 aliphatic heterocycles. The Morgan fingerprint density at radius 2 is 1.71 bits per heavy atom. The molecule has 2 aromatic heterocycles. The zero-order chi connectivity index (χ0) is 46.9. The van der Waals surface area contributed by atoms with Gasteiger partial charge in [0.25, 0.3) is 11.8 Å². The number of halogens is 2. The number of thiazole rings is 1. The van der Waals surface area contributed by atoms with Crippen LogP contribution in [0.25, 0.3) is 11.1 Å². The summed E-state index contributed by atoms with van der Waals surface area (Å²) in [7, 11) is 0. The molecule has 2 atom stereocenters. The van der Waals surface area contributed by atoms with E-state index in [1.54, 1.807) is 36.1 Å². The van der Waals surface area contributed by atoms with E-state index < -0.39 is 47.0 Å². The molecule has 0 saturated carbocycles. The average molecular weight is 945 g/mol. The summed E-state index contributed by atoms with van der Waals surface area (Å²) in [6, 6.07) is 13.9. The predicted octanol–water partition coefficient (Wildman–Crippen LogP) is 5.24. The lowest BCUT2D eigenvalue weighted by Gasteiger charge is -2.49. The van der Waals surface area contributed by atoms with E-state index in [0.29, 0.717) is 73.2 Å². The number of hydrogen-bond donors (Lipinski definition) is 4. The number of amides is 5. The molecule has 5 aromatic rings. The summed E-state index contributed by atoms with van der Waals surface area (Å²) >= 11 is 1.27. The monoisotopic (exact) mass is 944 g/mol. The first-order chi connectivity index (χ1) is 32.8. The maximum Gasteiger partial charge on any atom is 0.255 e. The molecule has 0 aliphatic carbocycles. The maximum atomic E-state index is 16.0. The number of aromatic nitrogens is 3.